The highest BCUT2D eigenvalue weighted by molar-refractivity contribution is 9.11. The minimum absolute atomic E-state index is 0.408. The minimum Gasteiger partial charge on any atom is -0.309 e. The summed E-state index contributed by atoms with van der Waals surface area (Å²) in [5.41, 5.74) is 2.81. The highest BCUT2D eigenvalue weighted by Gasteiger charge is 2.14. The van der Waals surface area contributed by atoms with E-state index in [1.54, 1.807) is 0 Å². The zero-order valence-electron chi connectivity index (χ0n) is 13.0. The van der Waals surface area contributed by atoms with Crippen molar-refractivity contribution in [1.82, 2.24) is 5.32 Å². The molecular formula is C18H24BrNS. The fraction of sp³-hybridized carbons (Fsp3) is 0.444. The average Bonchev–Trinajstić information content (AvgIpc) is 2.90. The van der Waals surface area contributed by atoms with E-state index in [-0.39, 0.29) is 0 Å². The van der Waals surface area contributed by atoms with Crippen molar-refractivity contribution in [1.29, 1.82) is 0 Å². The summed E-state index contributed by atoms with van der Waals surface area (Å²) < 4.78 is 1.20. The first-order chi connectivity index (χ1) is 10.1. The van der Waals surface area contributed by atoms with E-state index in [4.69, 9.17) is 0 Å². The molecule has 1 atom stereocenters. The van der Waals surface area contributed by atoms with Crippen LogP contribution in [-0.2, 0) is 6.42 Å². The first-order valence-electron chi connectivity index (χ1n) is 7.67. The van der Waals surface area contributed by atoms with Crippen LogP contribution in [0, 0.1) is 0 Å². The van der Waals surface area contributed by atoms with Gasteiger partial charge in [-0.25, -0.2) is 0 Å². The fourth-order valence-corrected chi connectivity index (χ4v) is 3.88. The van der Waals surface area contributed by atoms with E-state index in [0.29, 0.717) is 12.0 Å². The summed E-state index contributed by atoms with van der Waals surface area (Å²) in [7, 11) is 0. The fourth-order valence-electron chi connectivity index (χ4n) is 2.38. The lowest BCUT2D eigenvalue weighted by molar-refractivity contribution is 0.536. The van der Waals surface area contributed by atoms with Crippen molar-refractivity contribution in [2.24, 2.45) is 0 Å². The molecule has 0 radical (unpaired) electrons. The first-order valence-corrected chi connectivity index (χ1v) is 9.28. The standard InChI is InChI=1S/C18H24BrNS/c1-4-11-20-16(17-9-10-18(19)21-17)12-14-5-7-15(8-6-14)13(2)3/h5-10,13,16,20H,4,11-12H2,1-3H3. The van der Waals surface area contributed by atoms with E-state index < -0.39 is 0 Å². The third-order valence-electron chi connectivity index (χ3n) is 3.66. The van der Waals surface area contributed by atoms with Gasteiger partial charge in [0.2, 0.25) is 0 Å². The molecule has 0 bridgehead atoms. The highest BCUT2D eigenvalue weighted by Crippen LogP contribution is 2.29. The van der Waals surface area contributed by atoms with E-state index in [9.17, 15) is 0 Å². The van der Waals surface area contributed by atoms with Crippen molar-refractivity contribution in [3.63, 3.8) is 0 Å². The van der Waals surface area contributed by atoms with Gasteiger partial charge in [0, 0.05) is 10.9 Å². The van der Waals surface area contributed by atoms with Crippen LogP contribution in [0.1, 0.15) is 55.2 Å². The summed E-state index contributed by atoms with van der Waals surface area (Å²) in [4.78, 5) is 1.41. The van der Waals surface area contributed by atoms with E-state index in [1.165, 1.54) is 19.8 Å². The molecule has 1 aromatic heterocycles. The number of nitrogens with one attached hydrogen (secondary N) is 1. The first kappa shape index (κ1) is 16.7. The Hall–Kier alpha value is -0.640. The van der Waals surface area contributed by atoms with E-state index in [2.05, 4.69) is 78.4 Å². The van der Waals surface area contributed by atoms with Crippen molar-refractivity contribution in [3.05, 3.63) is 56.2 Å². The van der Waals surface area contributed by atoms with Crippen LogP contribution in [0.5, 0.6) is 0 Å². The molecule has 2 rings (SSSR count). The van der Waals surface area contributed by atoms with Gasteiger partial charge >= 0.3 is 0 Å². The Morgan fingerprint density at radius 2 is 1.81 bits per heavy atom. The van der Waals surface area contributed by atoms with Gasteiger partial charge < -0.3 is 5.32 Å². The van der Waals surface area contributed by atoms with Gasteiger partial charge in [0.1, 0.15) is 0 Å². The largest absolute Gasteiger partial charge is 0.309 e. The summed E-state index contributed by atoms with van der Waals surface area (Å²) in [6.45, 7) is 7.75. The van der Waals surface area contributed by atoms with E-state index in [0.717, 1.165) is 19.4 Å². The minimum atomic E-state index is 0.408. The van der Waals surface area contributed by atoms with Crippen LogP contribution in [0.3, 0.4) is 0 Å². The molecule has 21 heavy (non-hydrogen) atoms. The third-order valence-corrected chi connectivity index (χ3v) is 5.40. The Bertz CT molecular complexity index is 545. The van der Waals surface area contributed by atoms with Crippen LogP contribution in [0.4, 0.5) is 0 Å². The lowest BCUT2D eigenvalue weighted by atomic mass is 9.98. The zero-order valence-corrected chi connectivity index (χ0v) is 15.4. The van der Waals surface area contributed by atoms with Crippen LogP contribution >= 0.6 is 27.3 Å². The molecule has 114 valence electrons. The van der Waals surface area contributed by atoms with Gasteiger partial charge in [-0.05, 0) is 64.5 Å². The Labute approximate surface area is 140 Å². The van der Waals surface area contributed by atoms with Gasteiger partial charge in [0.25, 0.3) is 0 Å². The second kappa shape index (κ2) is 8.11. The van der Waals surface area contributed by atoms with Crippen LogP contribution in [0.25, 0.3) is 0 Å². The Morgan fingerprint density at radius 3 is 2.33 bits per heavy atom. The van der Waals surface area contributed by atoms with Gasteiger partial charge in [-0.1, -0.05) is 45.0 Å². The summed E-state index contributed by atoms with van der Waals surface area (Å²) in [5, 5.41) is 3.67. The van der Waals surface area contributed by atoms with Gasteiger partial charge in [0.15, 0.2) is 0 Å². The number of hydrogen-bond acceptors (Lipinski definition) is 2. The lowest BCUT2D eigenvalue weighted by Crippen LogP contribution is -2.23. The number of hydrogen-bond donors (Lipinski definition) is 1. The number of benzene rings is 1. The van der Waals surface area contributed by atoms with Gasteiger partial charge in [-0.3, -0.25) is 0 Å². The highest BCUT2D eigenvalue weighted by atomic mass is 79.9. The molecule has 1 aromatic carbocycles. The van der Waals surface area contributed by atoms with E-state index >= 15 is 0 Å². The molecule has 2 aromatic rings. The van der Waals surface area contributed by atoms with Crippen LogP contribution in [0.2, 0.25) is 0 Å². The summed E-state index contributed by atoms with van der Waals surface area (Å²) in [6.07, 6.45) is 2.21. The van der Waals surface area contributed by atoms with Crippen LogP contribution in [0.15, 0.2) is 40.2 Å². The normalized spacial score (nSPS) is 12.8. The van der Waals surface area contributed by atoms with Crippen molar-refractivity contribution in [2.75, 3.05) is 6.54 Å². The predicted octanol–water partition coefficient (Wildman–Crippen LogP) is 5.92. The predicted molar refractivity (Wildman–Crippen MR) is 97.3 cm³/mol. The van der Waals surface area contributed by atoms with Crippen molar-refractivity contribution < 1.29 is 0 Å². The molecule has 1 N–H and O–H groups in total. The lowest BCUT2D eigenvalue weighted by Gasteiger charge is -2.18. The average molecular weight is 366 g/mol. The van der Waals surface area contributed by atoms with Gasteiger partial charge in [-0.15, -0.1) is 11.3 Å². The SMILES string of the molecule is CCCNC(Cc1ccc(C(C)C)cc1)c1ccc(Br)s1. The Kier molecular flexibility index (Phi) is 6.46. The summed E-state index contributed by atoms with van der Waals surface area (Å²) in [6, 6.07) is 13.9. The summed E-state index contributed by atoms with van der Waals surface area (Å²) >= 11 is 5.40. The zero-order chi connectivity index (χ0) is 15.2. The molecule has 0 fully saturated rings. The molecule has 1 nitrogen and oxygen atoms in total. The van der Waals surface area contributed by atoms with Gasteiger partial charge in [-0.2, -0.15) is 0 Å². The van der Waals surface area contributed by atoms with E-state index in [1.807, 2.05) is 11.3 Å². The summed E-state index contributed by atoms with van der Waals surface area (Å²) in [5.74, 6) is 0.598. The molecule has 0 saturated heterocycles. The van der Waals surface area contributed by atoms with Crippen molar-refractivity contribution >= 4 is 27.3 Å². The van der Waals surface area contributed by atoms with Gasteiger partial charge in [0.05, 0.1) is 3.79 Å². The van der Waals surface area contributed by atoms with Crippen LogP contribution < -0.4 is 5.32 Å². The van der Waals surface area contributed by atoms with Crippen molar-refractivity contribution in [2.45, 2.75) is 45.6 Å². The monoisotopic (exact) mass is 365 g/mol. The quantitative estimate of drug-likeness (QED) is 0.642. The topological polar surface area (TPSA) is 12.0 Å². The Morgan fingerprint density at radius 1 is 1.10 bits per heavy atom. The smallest absolute Gasteiger partial charge is 0.0701 e. The molecule has 0 saturated carbocycles. The number of rotatable bonds is 7. The second-order valence-corrected chi connectivity index (χ2v) is 8.24. The molecule has 0 aliphatic rings. The molecule has 0 amide bonds. The number of thiophene rings is 1. The van der Waals surface area contributed by atoms with Crippen molar-refractivity contribution in [3.8, 4) is 0 Å². The molecule has 1 unspecified atom stereocenters. The third kappa shape index (κ3) is 4.94. The second-order valence-electron chi connectivity index (χ2n) is 5.75. The molecule has 1 heterocycles. The molecule has 0 aliphatic heterocycles. The molecule has 0 aliphatic carbocycles. The Balaban J connectivity index is 2.10. The maximum absolute atomic E-state index is 3.67. The molecule has 0 spiro atoms. The molecular weight excluding hydrogens is 342 g/mol. The van der Waals surface area contributed by atoms with Crippen LogP contribution in [-0.4, -0.2) is 6.54 Å². The maximum atomic E-state index is 3.67. The maximum Gasteiger partial charge on any atom is 0.0701 e. The molecule has 3 heteroatoms. The number of halogens is 1.